The van der Waals surface area contributed by atoms with Crippen molar-refractivity contribution in [3.63, 3.8) is 0 Å². The van der Waals surface area contributed by atoms with E-state index in [9.17, 15) is 4.79 Å². The highest BCUT2D eigenvalue weighted by molar-refractivity contribution is 7.98. The molecule has 1 amide bonds. The number of hydrogen-bond donors (Lipinski definition) is 1. The number of nitrogens with zero attached hydrogens (tertiary/aromatic N) is 3. The lowest BCUT2D eigenvalue weighted by Crippen LogP contribution is -2.29. The molecule has 1 heterocycles. The number of halogens is 1. The van der Waals surface area contributed by atoms with Gasteiger partial charge in [-0.2, -0.15) is 0 Å². The molecule has 27 heavy (non-hydrogen) atoms. The van der Waals surface area contributed by atoms with Gasteiger partial charge in [0, 0.05) is 10.8 Å². The van der Waals surface area contributed by atoms with Gasteiger partial charge in [-0.25, -0.2) is 4.68 Å². The van der Waals surface area contributed by atoms with Crippen molar-refractivity contribution in [2.75, 3.05) is 12.0 Å². The third-order valence-corrected chi connectivity index (χ3v) is 4.97. The molecule has 140 valence electrons. The van der Waals surface area contributed by atoms with Crippen LogP contribution in [0.2, 0.25) is 5.02 Å². The Morgan fingerprint density at radius 3 is 2.70 bits per heavy atom. The molecule has 0 aliphatic rings. The van der Waals surface area contributed by atoms with Gasteiger partial charge in [0.15, 0.2) is 6.61 Å². The van der Waals surface area contributed by atoms with Crippen LogP contribution in [0.5, 0.6) is 5.75 Å². The van der Waals surface area contributed by atoms with Gasteiger partial charge >= 0.3 is 0 Å². The van der Waals surface area contributed by atoms with E-state index in [4.69, 9.17) is 16.3 Å². The zero-order chi connectivity index (χ0) is 19.2. The number of carbonyl (C=O) groups excluding carboxylic acids is 1. The van der Waals surface area contributed by atoms with Gasteiger partial charge in [0.05, 0.1) is 0 Å². The fourth-order valence-corrected chi connectivity index (χ4v) is 3.48. The molecule has 8 heteroatoms. The monoisotopic (exact) mass is 402 g/mol. The van der Waals surface area contributed by atoms with E-state index in [1.807, 2.05) is 37.3 Å². The van der Waals surface area contributed by atoms with Gasteiger partial charge in [-0.05, 0) is 43.2 Å². The number of ether oxygens (including phenoxy) is 1. The van der Waals surface area contributed by atoms with E-state index in [0.717, 1.165) is 11.3 Å². The lowest BCUT2D eigenvalue weighted by molar-refractivity contribution is -0.119. The van der Waals surface area contributed by atoms with E-state index >= 15 is 0 Å². The summed E-state index contributed by atoms with van der Waals surface area (Å²) in [7, 11) is 0. The second-order valence-corrected chi connectivity index (χ2v) is 7.25. The van der Waals surface area contributed by atoms with Gasteiger partial charge < -0.3 is 4.74 Å². The van der Waals surface area contributed by atoms with Crippen LogP contribution in [0.1, 0.15) is 17.0 Å². The van der Waals surface area contributed by atoms with Crippen molar-refractivity contribution in [3.05, 3.63) is 70.5 Å². The van der Waals surface area contributed by atoms with Crippen molar-refractivity contribution in [3.8, 4) is 5.75 Å². The quantitative estimate of drug-likeness (QED) is 0.605. The molecule has 1 aromatic heterocycles. The average molecular weight is 403 g/mol. The summed E-state index contributed by atoms with van der Waals surface area (Å²) in [5, 5.41) is 9.42. The van der Waals surface area contributed by atoms with Gasteiger partial charge in [0.1, 0.15) is 11.6 Å². The smallest absolute Gasteiger partial charge is 0.276 e. The predicted octanol–water partition coefficient (Wildman–Crippen LogP) is 3.99. The molecule has 0 bridgehead atoms. The van der Waals surface area contributed by atoms with E-state index in [2.05, 4.69) is 15.6 Å². The van der Waals surface area contributed by atoms with Crippen molar-refractivity contribution < 1.29 is 9.53 Å². The van der Waals surface area contributed by atoms with Gasteiger partial charge in [-0.15, -0.1) is 10.2 Å². The molecule has 0 saturated carbocycles. The van der Waals surface area contributed by atoms with Crippen LogP contribution in [-0.2, 0) is 10.5 Å². The standard InChI is InChI=1S/C19H19ClN4O2S/c1-13-10-16(20)8-9-17(13)26-11-18(25)23-24-14(2)21-22-19(24)27-12-15-6-4-3-5-7-15/h3-10H,11-12H2,1-2H3,(H,23,25). The zero-order valence-corrected chi connectivity index (χ0v) is 16.5. The lowest BCUT2D eigenvalue weighted by Gasteiger charge is -2.12. The van der Waals surface area contributed by atoms with Crippen LogP contribution in [0.15, 0.2) is 53.7 Å². The molecule has 0 aliphatic heterocycles. The number of nitrogens with one attached hydrogen (secondary N) is 1. The van der Waals surface area contributed by atoms with Gasteiger partial charge in [0.2, 0.25) is 5.16 Å². The second kappa shape index (κ2) is 8.92. The highest BCUT2D eigenvalue weighted by Crippen LogP contribution is 2.22. The van der Waals surface area contributed by atoms with Crippen LogP contribution in [0, 0.1) is 13.8 Å². The van der Waals surface area contributed by atoms with Crippen molar-refractivity contribution in [1.29, 1.82) is 0 Å². The minimum Gasteiger partial charge on any atom is -0.483 e. The lowest BCUT2D eigenvalue weighted by atomic mass is 10.2. The first-order valence-corrected chi connectivity index (χ1v) is 9.67. The predicted molar refractivity (Wildman–Crippen MR) is 107 cm³/mol. The van der Waals surface area contributed by atoms with E-state index in [-0.39, 0.29) is 12.5 Å². The zero-order valence-electron chi connectivity index (χ0n) is 15.0. The third kappa shape index (κ3) is 5.24. The van der Waals surface area contributed by atoms with Crippen LogP contribution < -0.4 is 10.2 Å². The number of hydrogen-bond acceptors (Lipinski definition) is 5. The summed E-state index contributed by atoms with van der Waals surface area (Å²) in [6.45, 7) is 3.54. The molecular weight excluding hydrogens is 384 g/mol. The number of aryl methyl sites for hydroxylation is 2. The molecular formula is C19H19ClN4O2S. The summed E-state index contributed by atoms with van der Waals surface area (Å²) in [6, 6.07) is 15.3. The van der Waals surface area contributed by atoms with Crippen LogP contribution >= 0.6 is 23.4 Å². The van der Waals surface area contributed by atoms with Crippen molar-refractivity contribution in [2.24, 2.45) is 0 Å². The molecule has 0 spiro atoms. The Balaban J connectivity index is 1.59. The first-order chi connectivity index (χ1) is 13.0. The van der Waals surface area contributed by atoms with E-state index in [1.165, 1.54) is 17.3 Å². The Morgan fingerprint density at radius 1 is 1.19 bits per heavy atom. The van der Waals surface area contributed by atoms with Crippen LogP contribution in [0.3, 0.4) is 0 Å². The Kier molecular flexibility index (Phi) is 6.36. The molecule has 3 rings (SSSR count). The first-order valence-electron chi connectivity index (χ1n) is 8.30. The van der Waals surface area contributed by atoms with E-state index in [1.54, 1.807) is 29.8 Å². The minimum absolute atomic E-state index is 0.122. The topological polar surface area (TPSA) is 69.0 Å². The maximum absolute atomic E-state index is 12.3. The second-order valence-electron chi connectivity index (χ2n) is 5.87. The average Bonchev–Trinajstić information content (AvgIpc) is 3.00. The molecule has 0 atom stereocenters. The summed E-state index contributed by atoms with van der Waals surface area (Å²) in [6.07, 6.45) is 0. The molecule has 0 fully saturated rings. The molecule has 0 radical (unpaired) electrons. The minimum atomic E-state index is -0.297. The third-order valence-electron chi connectivity index (χ3n) is 3.74. The van der Waals surface area contributed by atoms with Gasteiger partial charge in [0.25, 0.3) is 5.91 Å². The van der Waals surface area contributed by atoms with Crippen LogP contribution in [0.25, 0.3) is 0 Å². The number of rotatable bonds is 7. The molecule has 3 aromatic rings. The van der Waals surface area contributed by atoms with Crippen LogP contribution in [-0.4, -0.2) is 27.4 Å². The molecule has 2 aromatic carbocycles. The number of amides is 1. The Hall–Kier alpha value is -2.51. The summed E-state index contributed by atoms with van der Waals surface area (Å²) in [5.74, 6) is 1.65. The largest absolute Gasteiger partial charge is 0.483 e. The van der Waals surface area contributed by atoms with Crippen LogP contribution in [0.4, 0.5) is 0 Å². The fourth-order valence-electron chi connectivity index (χ4n) is 2.36. The Bertz CT molecular complexity index is 931. The molecule has 0 saturated heterocycles. The molecule has 1 N–H and O–H groups in total. The summed E-state index contributed by atoms with van der Waals surface area (Å²) in [4.78, 5) is 12.3. The van der Waals surface area contributed by atoms with Gasteiger partial charge in [-0.3, -0.25) is 10.2 Å². The SMILES string of the molecule is Cc1cc(Cl)ccc1OCC(=O)Nn1c(C)nnc1SCc1ccccc1. The number of aromatic nitrogens is 3. The van der Waals surface area contributed by atoms with E-state index < -0.39 is 0 Å². The summed E-state index contributed by atoms with van der Waals surface area (Å²) >= 11 is 7.43. The summed E-state index contributed by atoms with van der Waals surface area (Å²) in [5.41, 5.74) is 4.82. The Morgan fingerprint density at radius 2 is 1.96 bits per heavy atom. The highest BCUT2D eigenvalue weighted by Gasteiger charge is 2.13. The van der Waals surface area contributed by atoms with E-state index in [0.29, 0.717) is 21.8 Å². The van der Waals surface area contributed by atoms with Gasteiger partial charge in [-0.1, -0.05) is 53.7 Å². The Labute approximate surface area is 166 Å². The maximum atomic E-state index is 12.3. The van der Waals surface area contributed by atoms with Crippen molar-refractivity contribution in [2.45, 2.75) is 24.8 Å². The first kappa shape index (κ1) is 19.3. The number of benzene rings is 2. The molecule has 0 aliphatic carbocycles. The van der Waals surface area contributed by atoms with Crippen molar-refractivity contribution >= 4 is 29.3 Å². The maximum Gasteiger partial charge on any atom is 0.276 e. The van der Waals surface area contributed by atoms with Crippen molar-refractivity contribution in [1.82, 2.24) is 14.9 Å². The highest BCUT2D eigenvalue weighted by atomic mass is 35.5. The fraction of sp³-hybridized carbons (Fsp3) is 0.211. The molecule has 6 nitrogen and oxygen atoms in total. The normalized spacial score (nSPS) is 10.6. The number of carbonyl (C=O) groups is 1. The number of thioether (sulfide) groups is 1. The molecule has 0 unspecified atom stereocenters. The summed E-state index contributed by atoms with van der Waals surface area (Å²) < 4.78 is 7.16.